The highest BCUT2D eigenvalue weighted by Gasteiger charge is 2.19. The average Bonchev–Trinajstić information content (AvgIpc) is 2.84. The second kappa shape index (κ2) is 10.6. The number of nitrogens with zero attached hydrogens (tertiary/aromatic N) is 3. The fraction of sp³-hybridized carbons (Fsp3) is 0.478. The summed E-state index contributed by atoms with van der Waals surface area (Å²) in [5.74, 6) is 1.26. The monoisotopic (exact) mass is 442 g/mol. The minimum absolute atomic E-state index is 0.0825. The second-order valence-electron chi connectivity index (χ2n) is 7.78. The number of morpholine rings is 2. The Morgan fingerprint density at radius 3 is 2.53 bits per heavy atom. The van der Waals surface area contributed by atoms with Gasteiger partial charge in [-0.1, -0.05) is 6.07 Å². The number of ether oxygens (including phenoxy) is 3. The van der Waals surface area contributed by atoms with Gasteiger partial charge in [-0.3, -0.25) is 0 Å². The molecule has 2 N–H and O–H groups in total. The van der Waals surface area contributed by atoms with Crippen molar-refractivity contribution < 1.29 is 24.1 Å². The van der Waals surface area contributed by atoms with Crippen molar-refractivity contribution in [3.63, 3.8) is 0 Å². The minimum atomic E-state index is -0.126. The van der Waals surface area contributed by atoms with Gasteiger partial charge < -0.3 is 34.4 Å². The summed E-state index contributed by atoms with van der Waals surface area (Å²) in [7, 11) is 0. The van der Waals surface area contributed by atoms with Crippen molar-refractivity contribution in [2.75, 3.05) is 76.0 Å². The number of hydrogen-bond donors (Lipinski definition) is 2. The molecule has 4 rings (SSSR count). The number of carbonyl (C=O) groups is 1. The number of anilines is 2. The molecule has 32 heavy (non-hydrogen) atoms. The smallest absolute Gasteiger partial charge is 0.321 e. The SMILES string of the molecule is Cc1ccc(NC(=O)N2CCOCC2)cc1-c1cc(OCCO)nc(N2CCOCC2)c1. The molecule has 0 radical (unpaired) electrons. The zero-order chi connectivity index (χ0) is 22.3. The number of aliphatic hydroxyl groups is 1. The Balaban J connectivity index is 1.62. The van der Waals surface area contributed by atoms with Crippen LogP contribution in [0.1, 0.15) is 5.56 Å². The number of benzene rings is 1. The van der Waals surface area contributed by atoms with E-state index in [0.717, 1.165) is 41.3 Å². The van der Waals surface area contributed by atoms with E-state index in [1.807, 2.05) is 37.3 Å². The van der Waals surface area contributed by atoms with Crippen molar-refractivity contribution >= 4 is 17.5 Å². The van der Waals surface area contributed by atoms with Crippen LogP contribution in [0.5, 0.6) is 5.88 Å². The van der Waals surface area contributed by atoms with Gasteiger partial charge in [0, 0.05) is 37.9 Å². The number of aliphatic hydroxyl groups excluding tert-OH is 1. The van der Waals surface area contributed by atoms with Crippen LogP contribution < -0.4 is 15.0 Å². The Bertz CT molecular complexity index is 927. The Morgan fingerprint density at radius 1 is 1.09 bits per heavy atom. The molecule has 0 spiro atoms. The number of amides is 2. The lowest BCUT2D eigenvalue weighted by Gasteiger charge is -2.28. The van der Waals surface area contributed by atoms with Crippen LogP contribution in [0.3, 0.4) is 0 Å². The molecule has 1 aromatic heterocycles. The predicted octanol–water partition coefficient (Wildman–Crippen LogP) is 2.13. The first-order valence-electron chi connectivity index (χ1n) is 11.0. The quantitative estimate of drug-likeness (QED) is 0.707. The summed E-state index contributed by atoms with van der Waals surface area (Å²) in [6, 6.07) is 9.65. The first-order chi connectivity index (χ1) is 15.6. The molecule has 9 nitrogen and oxygen atoms in total. The number of nitrogens with one attached hydrogen (secondary N) is 1. The summed E-state index contributed by atoms with van der Waals surface area (Å²) in [4.78, 5) is 21.2. The fourth-order valence-electron chi connectivity index (χ4n) is 3.81. The highest BCUT2D eigenvalue weighted by molar-refractivity contribution is 5.90. The lowest BCUT2D eigenvalue weighted by atomic mass is 10.0. The molecule has 2 fully saturated rings. The predicted molar refractivity (Wildman–Crippen MR) is 121 cm³/mol. The molecule has 0 aliphatic carbocycles. The van der Waals surface area contributed by atoms with E-state index in [-0.39, 0.29) is 19.2 Å². The van der Waals surface area contributed by atoms with Crippen molar-refractivity contribution in [3.8, 4) is 17.0 Å². The maximum Gasteiger partial charge on any atom is 0.321 e. The van der Waals surface area contributed by atoms with Crippen LogP contribution >= 0.6 is 0 Å². The maximum atomic E-state index is 12.6. The van der Waals surface area contributed by atoms with Crippen molar-refractivity contribution in [1.29, 1.82) is 0 Å². The largest absolute Gasteiger partial charge is 0.475 e. The number of urea groups is 1. The Morgan fingerprint density at radius 2 is 1.81 bits per heavy atom. The van der Waals surface area contributed by atoms with Crippen LogP contribution in [-0.2, 0) is 9.47 Å². The van der Waals surface area contributed by atoms with E-state index in [1.165, 1.54) is 0 Å². The topological polar surface area (TPSA) is 96.4 Å². The zero-order valence-electron chi connectivity index (χ0n) is 18.4. The normalized spacial score (nSPS) is 16.7. The Labute approximate surface area is 187 Å². The van der Waals surface area contributed by atoms with E-state index < -0.39 is 0 Å². The van der Waals surface area contributed by atoms with Crippen molar-refractivity contribution in [1.82, 2.24) is 9.88 Å². The number of pyridine rings is 1. The molecule has 0 atom stereocenters. The highest BCUT2D eigenvalue weighted by atomic mass is 16.5. The molecule has 2 aliphatic rings. The molecule has 9 heteroatoms. The Hall–Kier alpha value is -2.88. The fourth-order valence-corrected chi connectivity index (χ4v) is 3.81. The van der Waals surface area contributed by atoms with E-state index in [2.05, 4.69) is 15.2 Å². The molecule has 0 unspecified atom stereocenters. The van der Waals surface area contributed by atoms with E-state index in [0.29, 0.717) is 45.4 Å². The molecule has 3 heterocycles. The standard InChI is InChI=1S/C23H30N4O5/c1-17-2-3-19(24-23(29)27-6-11-31-12-7-27)16-20(17)18-14-21(26-4-9-30-10-5-26)25-22(15-18)32-13-8-28/h2-3,14-16,28H,4-13H2,1H3,(H,24,29). The zero-order valence-corrected chi connectivity index (χ0v) is 18.4. The van der Waals surface area contributed by atoms with Gasteiger partial charge in [0.1, 0.15) is 12.4 Å². The third-order valence-corrected chi connectivity index (χ3v) is 5.56. The first-order valence-corrected chi connectivity index (χ1v) is 11.0. The maximum absolute atomic E-state index is 12.6. The minimum Gasteiger partial charge on any atom is -0.475 e. The molecule has 2 aromatic rings. The highest BCUT2D eigenvalue weighted by Crippen LogP contribution is 2.32. The van der Waals surface area contributed by atoms with Gasteiger partial charge in [0.05, 0.1) is 33.0 Å². The molecular weight excluding hydrogens is 412 g/mol. The van der Waals surface area contributed by atoms with Gasteiger partial charge in [0.15, 0.2) is 0 Å². The van der Waals surface area contributed by atoms with Crippen LogP contribution in [-0.4, -0.2) is 86.8 Å². The average molecular weight is 443 g/mol. The van der Waals surface area contributed by atoms with Crippen LogP contribution in [0.4, 0.5) is 16.3 Å². The van der Waals surface area contributed by atoms with Gasteiger partial charge in [-0.25, -0.2) is 4.79 Å². The molecule has 0 saturated carbocycles. The number of aryl methyl sites for hydroxylation is 1. The lowest BCUT2D eigenvalue weighted by molar-refractivity contribution is 0.0564. The van der Waals surface area contributed by atoms with E-state index in [4.69, 9.17) is 14.2 Å². The molecule has 0 bridgehead atoms. The molecule has 2 amide bonds. The Kier molecular flexibility index (Phi) is 7.41. The van der Waals surface area contributed by atoms with Gasteiger partial charge in [-0.2, -0.15) is 4.98 Å². The third kappa shape index (κ3) is 5.48. The van der Waals surface area contributed by atoms with Gasteiger partial charge >= 0.3 is 6.03 Å². The van der Waals surface area contributed by atoms with E-state index in [1.54, 1.807) is 4.90 Å². The van der Waals surface area contributed by atoms with Crippen molar-refractivity contribution in [2.45, 2.75) is 6.92 Å². The number of hydrogen-bond acceptors (Lipinski definition) is 7. The molecule has 2 aliphatic heterocycles. The van der Waals surface area contributed by atoms with Crippen LogP contribution in [0.15, 0.2) is 30.3 Å². The van der Waals surface area contributed by atoms with Gasteiger partial charge in [0.2, 0.25) is 5.88 Å². The third-order valence-electron chi connectivity index (χ3n) is 5.56. The van der Waals surface area contributed by atoms with E-state index in [9.17, 15) is 9.90 Å². The summed E-state index contributed by atoms with van der Waals surface area (Å²) in [5, 5.41) is 12.2. The van der Waals surface area contributed by atoms with Crippen LogP contribution in [0, 0.1) is 6.92 Å². The first kappa shape index (κ1) is 22.3. The molecule has 2 saturated heterocycles. The lowest BCUT2D eigenvalue weighted by Crippen LogP contribution is -2.43. The van der Waals surface area contributed by atoms with Crippen LogP contribution in [0.2, 0.25) is 0 Å². The van der Waals surface area contributed by atoms with Crippen LogP contribution in [0.25, 0.3) is 11.1 Å². The van der Waals surface area contributed by atoms with Gasteiger partial charge in [-0.15, -0.1) is 0 Å². The van der Waals surface area contributed by atoms with Crippen molar-refractivity contribution in [3.05, 3.63) is 35.9 Å². The molecule has 172 valence electrons. The van der Waals surface area contributed by atoms with E-state index >= 15 is 0 Å². The summed E-state index contributed by atoms with van der Waals surface area (Å²) in [5.41, 5.74) is 3.72. The summed E-state index contributed by atoms with van der Waals surface area (Å²) >= 11 is 0. The molecular formula is C23H30N4O5. The summed E-state index contributed by atoms with van der Waals surface area (Å²) in [6.45, 7) is 7.24. The number of carbonyl (C=O) groups excluding carboxylic acids is 1. The van der Waals surface area contributed by atoms with Crippen molar-refractivity contribution in [2.24, 2.45) is 0 Å². The molecule has 1 aromatic carbocycles. The number of aromatic nitrogens is 1. The summed E-state index contributed by atoms with van der Waals surface area (Å²) < 4.78 is 16.4. The number of rotatable bonds is 6. The second-order valence-corrected chi connectivity index (χ2v) is 7.78. The van der Waals surface area contributed by atoms with Gasteiger partial charge in [0.25, 0.3) is 0 Å². The summed E-state index contributed by atoms with van der Waals surface area (Å²) in [6.07, 6.45) is 0. The van der Waals surface area contributed by atoms with Gasteiger partial charge in [-0.05, 0) is 41.8 Å².